The average Bonchev–Trinajstić information content (AvgIpc) is 2.90. The van der Waals surface area contributed by atoms with Gasteiger partial charge in [-0.3, -0.25) is 0 Å². The zero-order valence-corrected chi connectivity index (χ0v) is 16.6. The summed E-state index contributed by atoms with van der Waals surface area (Å²) in [5.74, 6) is 2.57. The highest BCUT2D eigenvalue weighted by Gasteiger charge is 2.64. The van der Waals surface area contributed by atoms with Crippen LogP contribution in [0, 0.1) is 34.5 Å². The Morgan fingerprint density at radius 1 is 0.960 bits per heavy atom. The van der Waals surface area contributed by atoms with Crippen molar-refractivity contribution < 1.29 is 9.47 Å². The summed E-state index contributed by atoms with van der Waals surface area (Å²) in [6.07, 6.45) is 8.99. The Hall–Kier alpha value is -0.380. The fraction of sp³-hybridized carbons (Fsp3) is 0.909. The molecule has 0 spiro atoms. The summed E-state index contributed by atoms with van der Waals surface area (Å²) in [7, 11) is 3.78. The molecule has 0 radical (unpaired) electrons. The van der Waals surface area contributed by atoms with Gasteiger partial charge in [0.15, 0.2) is 0 Å². The minimum Gasteiger partial charge on any atom is -0.378 e. The van der Waals surface area contributed by atoms with Crippen molar-refractivity contribution in [1.29, 1.82) is 0 Å². The first-order valence-electron chi connectivity index (χ1n) is 10.4. The van der Waals surface area contributed by atoms with Crippen molar-refractivity contribution >= 4 is 0 Å². The van der Waals surface area contributed by atoms with E-state index in [0.29, 0.717) is 34.6 Å². The summed E-state index contributed by atoms with van der Waals surface area (Å²) >= 11 is 0. The normalized spacial score (nSPS) is 55.4. The molecule has 4 fully saturated rings. The summed E-state index contributed by atoms with van der Waals surface area (Å²) in [6, 6.07) is 0.324. The number of methoxy groups -OCH3 is 2. The van der Waals surface area contributed by atoms with Crippen LogP contribution in [0.15, 0.2) is 12.2 Å². The van der Waals surface area contributed by atoms with Gasteiger partial charge in [0.1, 0.15) is 0 Å². The molecule has 3 nitrogen and oxygen atoms in total. The minimum absolute atomic E-state index is 0.179. The molecule has 0 aliphatic heterocycles. The van der Waals surface area contributed by atoms with Gasteiger partial charge in [0, 0.05) is 20.3 Å². The fourth-order valence-corrected chi connectivity index (χ4v) is 7.73. The molecule has 0 aromatic carbocycles. The van der Waals surface area contributed by atoms with Crippen molar-refractivity contribution in [2.24, 2.45) is 40.2 Å². The summed E-state index contributed by atoms with van der Waals surface area (Å²) in [5.41, 5.74) is 8.53. The van der Waals surface area contributed by atoms with Crippen LogP contribution < -0.4 is 5.73 Å². The van der Waals surface area contributed by atoms with E-state index in [1.54, 1.807) is 0 Å². The molecule has 0 aromatic heterocycles. The van der Waals surface area contributed by atoms with Crippen LogP contribution >= 0.6 is 0 Å². The van der Waals surface area contributed by atoms with E-state index in [0.717, 1.165) is 12.3 Å². The number of hydrogen-bond acceptors (Lipinski definition) is 3. The summed E-state index contributed by atoms with van der Waals surface area (Å²) in [6.45, 7) is 9.48. The van der Waals surface area contributed by atoms with Crippen LogP contribution in [0.2, 0.25) is 0 Å². The highest BCUT2D eigenvalue weighted by atomic mass is 16.5. The van der Waals surface area contributed by atoms with Gasteiger partial charge in [-0.1, -0.05) is 26.0 Å². The van der Waals surface area contributed by atoms with Gasteiger partial charge in [0.2, 0.25) is 0 Å². The first kappa shape index (κ1) is 18.0. The predicted octanol–water partition coefficient (Wildman–Crippen LogP) is 4.16. The van der Waals surface area contributed by atoms with Crippen LogP contribution in [0.5, 0.6) is 0 Å². The third kappa shape index (κ3) is 2.34. The van der Waals surface area contributed by atoms with Crippen molar-refractivity contribution in [2.45, 2.75) is 77.0 Å². The third-order valence-corrected chi connectivity index (χ3v) is 9.24. The molecule has 3 heteroatoms. The molecule has 142 valence electrons. The van der Waals surface area contributed by atoms with Crippen molar-refractivity contribution in [3.05, 3.63) is 12.2 Å². The molecule has 2 N–H and O–H groups in total. The highest BCUT2D eigenvalue weighted by molar-refractivity contribution is 5.23. The Morgan fingerprint density at radius 3 is 2.36 bits per heavy atom. The maximum atomic E-state index is 6.39. The van der Waals surface area contributed by atoms with Gasteiger partial charge < -0.3 is 15.2 Å². The number of hydrogen-bond donors (Lipinski definition) is 1. The number of fused-ring (bicyclic) bond motifs is 5. The molecule has 0 heterocycles. The molecule has 25 heavy (non-hydrogen) atoms. The SMILES string of the molecule is C=C1CCC2C3C(CC[C@]12C)[C@@]1(C)CC[C@@H](N)CC1[C@@H](OC)[C@@H]3OC. The molecule has 4 unspecified atom stereocenters. The maximum absolute atomic E-state index is 6.39. The molecule has 9 atom stereocenters. The van der Waals surface area contributed by atoms with E-state index >= 15 is 0 Å². The quantitative estimate of drug-likeness (QED) is 0.763. The van der Waals surface area contributed by atoms with Crippen LogP contribution in [0.25, 0.3) is 0 Å². The molecule has 0 aromatic rings. The van der Waals surface area contributed by atoms with Gasteiger partial charge in [-0.2, -0.15) is 0 Å². The number of rotatable bonds is 2. The highest BCUT2D eigenvalue weighted by Crippen LogP contribution is 2.67. The van der Waals surface area contributed by atoms with Gasteiger partial charge >= 0.3 is 0 Å². The Kier molecular flexibility index (Phi) is 4.37. The second-order valence-corrected chi connectivity index (χ2v) is 9.94. The third-order valence-electron chi connectivity index (χ3n) is 9.24. The molecule has 0 amide bonds. The van der Waals surface area contributed by atoms with Crippen LogP contribution in [0.1, 0.15) is 58.8 Å². The number of nitrogens with two attached hydrogens (primary N) is 1. The molecule has 4 aliphatic rings. The zero-order valence-electron chi connectivity index (χ0n) is 16.6. The van der Waals surface area contributed by atoms with E-state index in [1.807, 2.05) is 14.2 Å². The van der Waals surface area contributed by atoms with Gasteiger partial charge in [0.25, 0.3) is 0 Å². The molecular formula is C22H37NO2. The lowest BCUT2D eigenvalue weighted by Crippen LogP contribution is -2.65. The summed E-state index contributed by atoms with van der Waals surface area (Å²) < 4.78 is 12.3. The summed E-state index contributed by atoms with van der Waals surface area (Å²) in [4.78, 5) is 0. The molecular weight excluding hydrogens is 310 g/mol. The van der Waals surface area contributed by atoms with Crippen LogP contribution in [-0.4, -0.2) is 32.5 Å². The van der Waals surface area contributed by atoms with Crippen LogP contribution in [0.3, 0.4) is 0 Å². The Labute approximate surface area is 153 Å². The van der Waals surface area contributed by atoms with E-state index in [4.69, 9.17) is 15.2 Å². The monoisotopic (exact) mass is 347 g/mol. The van der Waals surface area contributed by atoms with Gasteiger partial charge in [0.05, 0.1) is 12.2 Å². The van der Waals surface area contributed by atoms with E-state index in [1.165, 1.54) is 44.1 Å². The first-order valence-corrected chi connectivity index (χ1v) is 10.4. The smallest absolute Gasteiger partial charge is 0.0869 e. The fourth-order valence-electron chi connectivity index (χ4n) is 7.73. The van der Waals surface area contributed by atoms with Gasteiger partial charge in [-0.25, -0.2) is 0 Å². The van der Waals surface area contributed by atoms with Crippen LogP contribution in [0.4, 0.5) is 0 Å². The van der Waals surface area contributed by atoms with Crippen molar-refractivity contribution in [2.75, 3.05) is 14.2 Å². The topological polar surface area (TPSA) is 44.5 Å². The van der Waals surface area contributed by atoms with E-state index in [2.05, 4.69) is 20.4 Å². The molecule has 4 saturated carbocycles. The number of ether oxygens (including phenoxy) is 2. The minimum atomic E-state index is 0.179. The van der Waals surface area contributed by atoms with Gasteiger partial charge in [-0.15, -0.1) is 0 Å². The van der Waals surface area contributed by atoms with E-state index in [9.17, 15) is 0 Å². The molecule has 4 aliphatic carbocycles. The lowest BCUT2D eigenvalue weighted by molar-refractivity contribution is -0.225. The second kappa shape index (κ2) is 6.07. The van der Waals surface area contributed by atoms with E-state index in [-0.39, 0.29) is 12.2 Å². The predicted molar refractivity (Wildman–Crippen MR) is 101 cm³/mol. The second-order valence-electron chi connectivity index (χ2n) is 9.94. The lowest BCUT2D eigenvalue weighted by Gasteiger charge is -2.64. The maximum Gasteiger partial charge on any atom is 0.0869 e. The lowest BCUT2D eigenvalue weighted by atomic mass is 9.43. The molecule has 4 rings (SSSR count). The van der Waals surface area contributed by atoms with Crippen LogP contribution in [-0.2, 0) is 9.47 Å². The average molecular weight is 348 g/mol. The standard InChI is InChI=1S/C22H37NO2/c1-13-6-7-15-18-16(9-11-21(13,15)2)22(3)10-8-14(23)12-17(22)19(24-4)20(18)25-5/h14-20H,1,6-12,23H2,2-5H3/t14-,15?,16?,17?,18?,19-,20-,21-,22-/m1/s1. The Morgan fingerprint density at radius 2 is 1.68 bits per heavy atom. The first-order chi connectivity index (χ1) is 11.9. The Balaban J connectivity index is 1.77. The molecule has 0 saturated heterocycles. The van der Waals surface area contributed by atoms with E-state index < -0.39 is 0 Å². The van der Waals surface area contributed by atoms with Crippen molar-refractivity contribution in [1.82, 2.24) is 0 Å². The largest absolute Gasteiger partial charge is 0.378 e. The Bertz CT molecular complexity index is 548. The van der Waals surface area contributed by atoms with Crippen molar-refractivity contribution in [3.63, 3.8) is 0 Å². The zero-order chi connectivity index (χ0) is 18.0. The molecule has 0 bridgehead atoms. The van der Waals surface area contributed by atoms with Gasteiger partial charge in [-0.05, 0) is 79.4 Å². The number of allylic oxidation sites excluding steroid dienone is 1. The van der Waals surface area contributed by atoms with Crippen molar-refractivity contribution in [3.8, 4) is 0 Å². The summed E-state index contributed by atoms with van der Waals surface area (Å²) in [5, 5.41) is 0.